The summed E-state index contributed by atoms with van der Waals surface area (Å²) in [4.78, 5) is 0. The fourth-order valence-corrected chi connectivity index (χ4v) is 1.71. The number of halogens is 3. The van der Waals surface area contributed by atoms with Crippen LogP contribution in [-0.4, -0.2) is 26.4 Å². The van der Waals surface area contributed by atoms with Crippen LogP contribution in [0.1, 0.15) is 18.1 Å². The van der Waals surface area contributed by atoms with Crippen LogP contribution < -0.4 is 10.5 Å². The van der Waals surface area contributed by atoms with E-state index in [0.717, 1.165) is 6.07 Å². The summed E-state index contributed by atoms with van der Waals surface area (Å²) in [6.07, 6.45) is -4.50. The van der Waals surface area contributed by atoms with Crippen molar-refractivity contribution in [3.63, 3.8) is 0 Å². The lowest BCUT2D eigenvalue weighted by Crippen LogP contribution is -2.20. The van der Waals surface area contributed by atoms with Crippen molar-refractivity contribution in [3.8, 4) is 5.75 Å². The van der Waals surface area contributed by atoms with Crippen LogP contribution >= 0.6 is 0 Å². The van der Waals surface area contributed by atoms with Gasteiger partial charge in [0.1, 0.15) is 11.9 Å². The standard InChI is InChI=1S/C13H18F3NO2/c1-9(8-18-2)19-12-4-3-10(5-6-17)7-11(12)13(14,15)16/h3-4,7,9H,5-6,8,17H2,1-2H3. The van der Waals surface area contributed by atoms with Crippen molar-refractivity contribution in [1.29, 1.82) is 0 Å². The van der Waals surface area contributed by atoms with E-state index < -0.39 is 17.8 Å². The van der Waals surface area contributed by atoms with Crippen molar-refractivity contribution in [2.45, 2.75) is 25.6 Å². The van der Waals surface area contributed by atoms with Crippen molar-refractivity contribution in [2.24, 2.45) is 5.73 Å². The van der Waals surface area contributed by atoms with Gasteiger partial charge in [0.15, 0.2) is 0 Å². The molecule has 0 aromatic heterocycles. The van der Waals surface area contributed by atoms with Gasteiger partial charge in [-0.25, -0.2) is 0 Å². The molecule has 1 aromatic carbocycles. The molecule has 6 heteroatoms. The maximum absolute atomic E-state index is 13.0. The smallest absolute Gasteiger partial charge is 0.419 e. The topological polar surface area (TPSA) is 44.5 Å². The molecule has 0 spiro atoms. The molecule has 0 heterocycles. The van der Waals surface area contributed by atoms with E-state index in [1.807, 2.05) is 0 Å². The highest BCUT2D eigenvalue weighted by atomic mass is 19.4. The molecular formula is C13H18F3NO2. The zero-order valence-electron chi connectivity index (χ0n) is 11.0. The number of hydrogen-bond donors (Lipinski definition) is 1. The van der Waals surface area contributed by atoms with Crippen LogP contribution in [0.5, 0.6) is 5.75 Å². The van der Waals surface area contributed by atoms with Gasteiger partial charge in [-0.15, -0.1) is 0 Å². The van der Waals surface area contributed by atoms with E-state index >= 15 is 0 Å². The molecule has 1 atom stereocenters. The summed E-state index contributed by atoms with van der Waals surface area (Å²) in [5.74, 6) is -0.183. The zero-order valence-corrected chi connectivity index (χ0v) is 11.0. The molecule has 0 bridgehead atoms. The Balaban J connectivity index is 3.02. The highest BCUT2D eigenvalue weighted by Gasteiger charge is 2.35. The van der Waals surface area contributed by atoms with Gasteiger partial charge in [0.25, 0.3) is 0 Å². The lowest BCUT2D eigenvalue weighted by Gasteiger charge is -2.19. The third-order valence-corrected chi connectivity index (χ3v) is 2.51. The highest BCUT2D eigenvalue weighted by Crippen LogP contribution is 2.37. The SMILES string of the molecule is COCC(C)Oc1ccc(CCN)cc1C(F)(F)F. The van der Waals surface area contributed by atoms with E-state index in [4.69, 9.17) is 15.2 Å². The van der Waals surface area contributed by atoms with Gasteiger partial charge >= 0.3 is 6.18 Å². The Morgan fingerprint density at radius 3 is 2.53 bits per heavy atom. The second-order valence-electron chi connectivity index (χ2n) is 4.25. The summed E-state index contributed by atoms with van der Waals surface area (Å²) in [7, 11) is 1.47. The minimum atomic E-state index is -4.45. The minimum Gasteiger partial charge on any atom is -0.488 e. The molecule has 1 rings (SSSR count). The molecule has 0 amide bonds. The lowest BCUT2D eigenvalue weighted by molar-refractivity contribution is -0.139. The van der Waals surface area contributed by atoms with Crippen molar-refractivity contribution in [2.75, 3.05) is 20.3 Å². The summed E-state index contributed by atoms with van der Waals surface area (Å²) in [6.45, 7) is 2.18. The van der Waals surface area contributed by atoms with Gasteiger partial charge in [0.2, 0.25) is 0 Å². The maximum atomic E-state index is 13.0. The number of nitrogens with two attached hydrogens (primary N) is 1. The number of ether oxygens (including phenoxy) is 2. The van der Waals surface area contributed by atoms with Crippen molar-refractivity contribution < 1.29 is 22.6 Å². The van der Waals surface area contributed by atoms with E-state index in [0.29, 0.717) is 18.5 Å². The first-order valence-electron chi connectivity index (χ1n) is 5.94. The molecule has 0 saturated heterocycles. The normalized spacial score (nSPS) is 13.4. The lowest BCUT2D eigenvalue weighted by atomic mass is 10.1. The Morgan fingerprint density at radius 2 is 2.00 bits per heavy atom. The predicted molar refractivity (Wildman–Crippen MR) is 66.2 cm³/mol. The van der Waals surface area contributed by atoms with Crippen LogP contribution in [0, 0.1) is 0 Å². The highest BCUT2D eigenvalue weighted by molar-refractivity contribution is 5.39. The molecule has 3 nitrogen and oxygen atoms in total. The quantitative estimate of drug-likeness (QED) is 0.869. The number of methoxy groups -OCH3 is 1. The summed E-state index contributed by atoms with van der Waals surface area (Å²) in [6, 6.07) is 4.01. The molecule has 108 valence electrons. The molecule has 0 saturated carbocycles. The van der Waals surface area contributed by atoms with E-state index in [1.54, 1.807) is 13.0 Å². The third kappa shape index (κ3) is 4.72. The van der Waals surface area contributed by atoms with Gasteiger partial charge in [-0.3, -0.25) is 0 Å². The first-order chi connectivity index (χ1) is 8.88. The molecular weight excluding hydrogens is 259 g/mol. The van der Waals surface area contributed by atoms with Gasteiger partial charge in [-0.05, 0) is 37.6 Å². The van der Waals surface area contributed by atoms with Crippen molar-refractivity contribution in [1.82, 2.24) is 0 Å². The van der Waals surface area contributed by atoms with Gasteiger partial charge in [-0.2, -0.15) is 13.2 Å². The van der Waals surface area contributed by atoms with Gasteiger partial charge < -0.3 is 15.2 Å². The second-order valence-corrected chi connectivity index (χ2v) is 4.25. The van der Waals surface area contributed by atoms with Crippen LogP contribution in [0.2, 0.25) is 0 Å². The molecule has 0 aliphatic carbocycles. The molecule has 2 N–H and O–H groups in total. The summed E-state index contributed by atoms with van der Waals surface area (Å²) < 4.78 is 49.0. The average Bonchev–Trinajstić information content (AvgIpc) is 2.30. The van der Waals surface area contributed by atoms with E-state index in [1.165, 1.54) is 13.2 Å². The van der Waals surface area contributed by atoms with Crippen LogP contribution in [0.4, 0.5) is 13.2 Å². The number of hydrogen-bond acceptors (Lipinski definition) is 3. The van der Waals surface area contributed by atoms with Crippen molar-refractivity contribution in [3.05, 3.63) is 29.3 Å². The Labute approximate surface area is 110 Å². The first-order valence-corrected chi connectivity index (χ1v) is 5.94. The monoisotopic (exact) mass is 277 g/mol. The van der Waals surface area contributed by atoms with Crippen LogP contribution in [-0.2, 0) is 17.3 Å². The maximum Gasteiger partial charge on any atom is 0.419 e. The molecule has 0 fully saturated rings. The summed E-state index contributed by atoms with van der Waals surface area (Å²) >= 11 is 0. The fourth-order valence-electron chi connectivity index (χ4n) is 1.71. The summed E-state index contributed by atoms with van der Waals surface area (Å²) in [5, 5.41) is 0. The van der Waals surface area contributed by atoms with Crippen LogP contribution in [0.3, 0.4) is 0 Å². The molecule has 0 aliphatic rings. The van der Waals surface area contributed by atoms with Crippen LogP contribution in [0.25, 0.3) is 0 Å². The molecule has 0 aliphatic heterocycles. The van der Waals surface area contributed by atoms with Crippen LogP contribution in [0.15, 0.2) is 18.2 Å². The van der Waals surface area contributed by atoms with Gasteiger partial charge in [-0.1, -0.05) is 6.07 Å². The molecule has 1 aromatic rings. The Hall–Kier alpha value is -1.27. The summed E-state index contributed by atoms with van der Waals surface area (Å²) in [5.41, 5.74) is 5.12. The third-order valence-electron chi connectivity index (χ3n) is 2.51. The van der Waals surface area contributed by atoms with Gasteiger partial charge in [0, 0.05) is 7.11 Å². The second kappa shape index (κ2) is 6.77. The molecule has 1 unspecified atom stereocenters. The van der Waals surface area contributed by atoms with Crippen molar-refractivity contribution >= 4 is 0 Å². The largest absolute Gasteiger partial charge is 0.488 e. The van der Waals surface area contributed by atoms with E-state index in [-0.39, 0.29) is 12.4 Å². The van der Waals surface area contributed by atoms with E-state index in [9.17, 15) is 13.2 Å². The Morgan fingerprint density at radius 1 is 1.32 bits per heavy atom. The first kappa shape index (κ1) is 15.8. The van der Waals surface area contributed by atoms with Gasteiger partial charge in [0.05, 0.1) is 12.2 Å². The number of alkyl halides is 3. The predicted octanol–water partition coefficient (Wildman–Crippen LogP) is 2.62. The number of rotatable bonds is 6. The number of benzene rings is 1. The zero-order chi connectivity index (χ0) is 14.5. The minimum absolute atomic E-state index is 0.183. The molecule has 19 heavy (non-hydrogen) atoms. The molecule has 0 radical (unpaired) electrons. The Kier molecular flexibility index (Phi) is 5.62. The average molecular weight is 277 g/mol. The Bertz CT molecular complexity index is 407. The fraction of sp³-hybridized carbons (Fsp3) is 0.538. The van der Waals surface area contributed by atoms with E-state index in [2.05, 4.69) is 0 Å².